The standard InChI is InChI=1S/C21H15FNO2/c1-23-18-8-4-2-6-16(18)20(17-7-3-5-9-19(17)23)21(24)25-15-12-10-14(22)11-13-15/h2-13H,1H3/q+1. The third-order valence-electron chi connectivity index (χ3n) is 4.30. The number of carbonyl (C=O) groups is 1. The van der Waals surface area contributed by atoms with E-state index in [2.05, 4.69) is 4.57 Å². The van der Waals surface area contributed by atoms with E-state index in [-0.39, 0.29) is 5.82 Å². The lowest BCUT2D eigenvalue weighted by atomic mass is 10.0. The zero-order valence-electron chi connectivity index (χ0n) is 13.6. The van der Waals surface area contributed by atoms with Crippen molar-refractivity contribution in [2.45, 2.75) is 0 Å². The number of ether oxygens (including phenoxy) is 1. The molecule has 4 heteroatoms. The second-order valence-electron chi connectivity index (χ2n) is 5.81. The molecular formula is C21H15FNO2+. The quantitative estimate of drug-likeness (QED) is 0.239. The highest BCUT2D eigenvalue weighted by molar-refractivity contribution is 6.13. The minimum atomic E-state index is -0.459. The molecule has 0 aliphatic rings. The van der Waals surface area contributed by atoms with Gasteiger partial charge in [0.15, 0.2) is 0 Å². The van der Waals surface area contributed by atoms with Crippen molar-refractivity contribution in [3.63, 3.8) is 0 Å². The lowest BCUT2D eigenvalue weighted by Crippen LogP contribution is -2.31. The number of carbonyl (C=O) groups excluding carboxylic acids is 1. The van der Waals surface area contributed by atoms with Crippen molar-refractivity contribution < 1.29 is 18.5 Å². The molecule has 0 aliphatic carbocycles. The van der Waals surface area contributed by atoms with Gasteiger partial charge in [-0.3, -0.25) is 0 Å². The van der Waals surface area contributed by atoms with Crippen LogP contribution in [-0.2, 0) is 7.05 Å². The molecule has 25 heavy (non-hydrogen) atoms. The SMILES string of the molecule is C[n+]1c2ccccc2c(C(=O)Oc2ccc(F)cc2)c2ccccc21. The molecule has 4 rings (SSSR count). The molecule has 0 spiro atoms. The predicted octanol–water partition coefficient (Wildman–Crippen LogP) is 4.18. The Balaban J connectivity index is 1.93. The van der Waals surface area contributed by atoms with E-state index < -0.39 is 5.97 Å². The van der Waals surface area contributed by atoms with Crippen LogP contribution in [0.5, 0.6) is 5.75 Å². The fraction of sp³-hybridized carbons (Fsp3) is 0.0476. The monoisotopic (exact) mass is 332 g/mol. The molecule has 0 atom stereocenters. The Labute approximate surface area is 143 Å². The number of nitrogens with zero attached hydrogens (tertiary/aromatic N) is 1. The van der Waals surface area contributed by atoms with Gasteiger partial charge in [-0.15, -0.1) is 0 Å². The van der Waals surface area contributed by atoms with Crippen molar-refractivity contribution in [3.05, 3.63) is 84.2 Å². The molecule has 0 saturated carbocycles. The Morgan fingerprint density at radius 2 is 1.36 bits per heavy atom. The van der Waals surface area contributed by atoms with Gasteiger partial charge in [-0.05, 0) is 36.4 Å². The number of hydrogen-bond acceptors (Lipinski definition) is 2. The maximum atomic E-state index is 13.1. The zero-order chi connectivity index (χ0) is 17.4. The number of rotatable bonds is 2. The molecule has 0 radical (unpaired) electrons. The highest BCUT2D eigenvalue weighted by atomic mass is 19.1. The first kappa shape index (κ1) is 15.3. The van der Waals surface area contributed by atoms with Crippen LogP contribution in [0.25, 0.3) is 21.8 Å². The van der Waals surface area contributed by atoms with Gasteiger partial charge >= 0.3 is 5.97 Å². The number of fused-ring (bicyclic) bond motifs is 2. The molecule has 122 valence electrons. The van der Waals surface area contributed by atoms with E-state index in [1.54, 1.807) is 0 Å². The first-order valence-corrected chi connectivity index (χ1v) is 7.92. The van der Waals surface area contributed by atoms with Crippen LogP contribution in [0.4, 0.5) is 4.39 Å². The van der Waals surface area contributed by atoms with Crippen LogP contribution in [0.15, 0.2) is 72.8 Å². The van der Waals surface area contributed by atoms with Gasteiger partial charge in [0.1, 0.15) is 18.6 Å². The van der Waals surface area contributed by atoms with Crippen LogP contribution < -0.4 is 9.30 Å². The lowest BCUT2D eigenvalue weighted by molar-refractivity contribution is -0.617. The van der Waals surface area contributed by atoms with Gasteiger partial charge in [0.25, 0.3) is 0 Å². The van der Waals surface area contributed by atoms with Gasteiger partial charge in [0.2, 0.25) is 11.0 Å². The highest BCUT2D eigenvalue weighted by Gasteiger charge is 2.23. The summed E-state index contributed by atoms with van der Waals surface area (Å²) < 4.78 is 20.6. The molecular weight excluding hydrogens is 317 g/mol. The molecule has 0 bridgehead atoms. The van der Waals surface area contributed by atoms with Crippen LogP contribution in [0.3, 0.4) is 0 Å². The van der Waals surface area contributed by atoms with Gasteiger partial charge in [0, 0.05) is 12.1 Å². The second kappa shape index (κ2) is 5.98. The summed E-state index contributed by atoms with van der Waals surface area (Å²) in [5, 5.41) is 1.63. The van der Waals surface area contributed by atoms with Crippen LogP contribution in [0.1, 0.15) is 10.4 Å². The van der Waals surface area contributed by atoms with E-state index >= 15 is 0 Å². The van der Waals surface area contributed by atoms with E-state index in [0.717, 1.165) is 21.8 Å². The number of esters is 1. The second-order valence-corrected chi connectivity index (χ2v) is 5.81. The normalized spacial score (nSPS) is 11.0. The van der Waals surface area contributed by atoms with Crippen LogP contribution >= 0.6 is 0 Å². The lowest BCUT2D eigenvalue weighted by Gasteiger charge is -2.10. The Morgan fingerprint density at radius 1 is 0.840 bits per heavy atom. The minimum Gasteiger partial charge on any atom is -0.423 e. The van der Waals surface area contributed by atoms with Crippen molar-refractivity contribution >= 4 is 27.8 Å². The van der Waals surface area contributed by atoms with E-state index in [1.165, 1.54) is 24.3 Å². The van der Waals surface area contributed by atoms with Crippen molar-refractivity contribution in [3.8, 4) is 5.75 Å². The van der Waals surface area contributed by atoms with Gasteiger partial charge in [0.05, 0.1) is 16.3 Å². The van der Waals surface area contributed by atoms with E-state index in [9.17, 15) is 9.18 Å². The van der Waals surface area contributed by atoms with Crippen molar-refractivity contribution in [2.75, 3.05) is 0 Å². The molecule has 0 aliphatic heterocycles. The summed E-state index contributed by atoms with van der Waals surface area (Å²) in [5.41, 5.74) is 2.38. The molecule has 1 aromatic heterocycles. The van der Waals surface area contributed by atoms with E-state index in [1.807, 2.05) is 55.6 Å². The summed E-state index contributed by atoms with van der Waals surface area (Å²) in [6.07, 6.45) is 0. The first-order chi connectivity index (χ1) is 12.1. The molecule has 0 saturated heterocycles. The highest BCUT2D eigenvalue weighted by Crippen LogP contribution is 2.26. The summed E-state index contributed by atoms with van der Waals surface area (Å²) in [7, 11) is 1.97. The molecule has 0 amide bonds. The number of hydrogen-bond donors (Lipinski definition) is 0. The maximum absolute atomic E-state index is 13.1. The Hall–Kier alpha value is -3.27. The molecule has 3 aromatic carbocycles. The average Bonchev–Trinajstić information content (AvgIpc) is 2.64. The average molecular weight is 332 g/mol. The number of aryl methyl sites for hydroxylation is 1. The summed E-state index contributed by atoms with van der Waals surface area (Å²) in [4.78, 5) is 12.9. The summed E-state index contributed by atoms with van der Waals surface area (Å²) in [5.74, 6) is -0.519. The number of halogens is 1. The summed E-state index contributed by atoms with van der Waals surface area (Å²) in [6.45, 7) is 0. The number of para-hydroxylation sites is 2. The minimum absolute atomic E-state index is 0.313. The number of aromatic nitrogens is 1. The van der Waals surface area contributed by atoms with Crippen molar-refractivity contribution in [1.82, 2.24) is 0 Å². The maximum Gasteiger partial charge on any atom is 0.345 e. The smallest absolute Gasteiger partial charge is 0.345 e. The van der Waals surface area contributed by atoms with Gasteiger partial charge < -0.3 is 4.74 Å². The van der Waals surface area contributed by atoms with E-state index in [4.69, 9.17) is 4.74 Å². The third kappa shape index (κ3) is 2.62. The van der Waals surface area contributed by atoms with Crippen LogP contribution in [-0.4, -0.2) is 5.97 Å². The van der Waals surface area contributed by atoms with Crippen LogP contribution in [0, 0.1) is 5.82 Å². The molecule has 0 N–H and O–H groups in total. The summed E-state index contributed by atoms with van der Waals surface area (Å²) in [6, 6.07) is 20.8. The Morgan fingerprint density at radius 3 is 1.92 bits per heavy atom. The van der Waals surface area contributed by atoms with E-state index in [0.29, 0.717) is 11.3 Å². The Kier molecular flexibility index (Phi) is 3.65. The summed E-state index contributed by atoms with van der Waals surface area (Å²) >= 11 is 0. The van der Waals surface area contributed by atoms with Crippen LogP contribution in [0.2, 0.25) is 0 Å². The molecule has 4 aromatic rings. The van der Waals surface area contributed by atoms with Gasteiger partial charge in [-0.2, -0.15) is 4.57 Å². The predicted molar refractivity (Wildman–Crippen MR) is 94.0 cm³/mol. The Bertz CT molecular complexity index is 1050. The zero-order valence-corrected chi connectivity index (χ0v) is 13.6. The number of pyridine rings is 1. The largest absolute Gasteiger partial charge is 0.423 e. The fourth-order valence-electron chi connectivity index (χ4n) is 3.11. The fourth-order valence-corrected chi connectivity index (χ4v) is 3.11. The molecule has 0 fully saturated rings. The van der Waals surface area contributed by atoms with Crippen molar-refractivity contribution in [1.29, 1.82) is 0 Å². The molecule has 3 nitrogen and oxygen atoms in total. The topological polar surface area (TPSA) is 30.2 Å². The molecule has 1 heterocycles. The van der Waals surface area contributed by atoms with Crippen molar-refractivity contribution in [2.24, 2.45) is 7.05 Å². The third-order valence-corrected chi connectivity index (χ3v) is 4.30. The molecule has 0 unspecified atom stereocenters. The number of benzene rings is 3. The van der Waals surface area contributed by atoms with Gasteiger partial charge in [-0.25, -0.2) is 9.18 Å². The van der Waals surface area contributed by atoms with Gasteiger partial charge in [-0.1, -0.05) is 24.3 Å². The first-order valence-electron chi connectivity index (χ1n) is 7.92.